The molecule has 2 aromatic carbocycles. The van der Waals surface area contributed by atoms with E-state index in [0.29, 0.717) is 23.6 Å². The predicted molar refractivity (Wildman–Crippen MR) is 101 cm³/mol. The average Bonchev–Trinajstić information content (AvgIpc) is 3.13. The summed E-state index contributed by atoms with van der Waals surface area (Å²) in [5.74, 6) is 1.28. The number of hydrogen-bond donors (Lipinski definition) is 1. The van der Waals surface area contributed by atoms with Gasteiger partial charge in [0.05, 0.1) is 7.11 Å². The van der Waals surface area contributed by atoms with Crippen LogP contribution in [0.4, 0.5) is 5.69 Å². The van der Waals surface area contributed by atoms with Crippen molar-refractivity contribution in [3.8, 4) is 28.2 Å². The van der Waals surface area contributed by atoms with Crippen LogP contribution in [0.1, 0.15) is 0 Å². The molecule has 4 rings (SSSR count). The van der Waals surface area contributed by atoms with E-state index >= 15 is 0 Å². The molecule has 0 aliphatic heterocycles. The van der Waals surface area contributed by atoms with Gasteiger partial charge in [0.15, 0.2) is 5.58 Å². The molecule has 26 heavy (non-hydrogen) atoms. The zero-order valence-corrected chi connectivity index (χ0v) is 14.1. The minimum Gasteiger partial charge on any atom is -0.497 e. The first-order valence-electron chi connectivity index (χ1n) is 8.12. The normalized spacial score (nSPS) is 10.7. The fraction of sp³-hybridized carbons (Fsp3) is 0.0476. The molecule has 4 aromatic rings. The molecule has 0 bridgehead atoms. The van der Waals surface area contributed by atoms with Crippen LogP contribution in [0.15, 0.2) is 71.3 Å². The molecule has 0 saturated carbocycles. The van der Waals surface area contributed by atoms with Gasteiger partial charge in [-0.2, -0.15) is 0 Å². The average molecular weight is 344 g/mol. The van der Waals surface area contributed by atoms with Gasteiger partial charge in [0.1, 0.15) is 17.0 Å². The number of hydrogen-bond acceptors (Lipinski definition) is 4. The highest BCUT2D eigenvalue weighted by atomic mass is 16.5. The topological polar surface area (TPSA) is 64.4 Å². The van der Waals surface area contributed by atoms with Crippen LogP contribution in [0.3, 0.4) is 0 Å². The van der Waals surface area contributed by atoms with Crippen LogP contribution < -0.4 is 10.1 Å². The van der Waals surface area contributed by atoms with Gasteiger partial charge in [-0.25, -0.2) is 0 Å². The number of carbonyl (C=O) groups is 1. The third-order valence-electron chi connectivity index (χ3n) is 4.15. The minimum absolute atomic E-state index is 0.628. The number of methoxy groups -OCH3 is 1. The SMILES string of the molecule is COc1cc(NC=O)cc(-c2cc3nccc(-c4ccccc4)c3o2)c1. The monoisotopic (exact) mass is 344 g/mol. The molecule has 0 unspecified atom stereocenters. The Kier molecular flexibility index (Phi) is 4.11. The van der Waals surface area contributed by atoms with Gasteiger partial charge < -0.3 is 14.5 Å². The first-order valence-corrected chi connectivity index (χ1v) is 8.12. The van der Waals surface area contributed by atoms with Gasteiger partial charge in [-0.1, -0.05) is 30.3 Å². The number of carbonyl (C=O) groups excluding carboxylic acids is 1. The molecule has 5 heteroatoms. The van der Waals surface area contributed by atoms with Crippen LogP contribution in [0, 0.1) is 0 Å². The third-order valence-corrected chi connectivity index (χ3v) is 4.15. The molecule has 128 valence electrons. The van der Waals surface area contributed by atoms with Crippen LogP contribution >= 0.6 is 0 Å². The minimum atomic E-state index is 0.628. The number of benzene rings is 2. The second-order valence-corrected chi connectivity index (χ2v) is 5.76. The summed E-state index contributed by atoms with van der Waals surface area (Å²) in [7, 11) is 1.58. The summed E-state index contributed by atoms with van der Waals surface area (Å²) < 4.78 is 11.5. The van der Waals surface area contributed by atoms with E-state index in [9.17, 15) is 4.79 Å². The molecule has 0 aliphatic carbocycles. The van der Waals surface area contributed by atoms with Crippen molar-refractivity contribution in [3.05, 3.63) is 66.9 Å². The Hall–Kier alpha value is -3.60. The van der Waals surface area contributed by atoms with Gasteiger partial charge in [-0.15, -0.1) is 0 Å². The molecule has 0 spiro atoms. The maximum Gasteiger partial charge on any atom is 0.211 e. The number of fused-ring (bicyclic) bond motifs is 1. The Balaban J connectivity index is 1.86. The van der Waals surface area contributed by atoms with Crippen molar-refractivity contribution in [1.82, 2.24) is 4.98 Å². The van der Waals surface area contributed by atoms with Gasteiger partial charge in [0.2, 0.25) is 6.41 Å². The number of nitrogens with zero attached hydrogens (tertiary/aromatic N) is 1. The molecule has 1 N–H and O–H groups in total. The number of amides is 1. The van der Waals surface area contributed by atoms with Crippen molar-refractivity contribution >= 4 is 23.2 Å². The highest BCUT2D eigenvalue weighted by molar-refractivity contribution is 5.92. The smallest absolute Gasteiger partial charge is 0.211 e. The first kappa shape index (κ1) is 15.9. The second-order valence-electron chi connectivity index (χ2n) is 5.76. The lowest BCUT2D eigenvalue weighted by Crippen LogP contribution is -1.95. The summed E-state index contributed by atoms with van der Waals surface area (Å²) in [5.41, 5.74) is 4.97. The predicted octanol–water partition coefficient (Wildman–Crippen LogP) is 4.74. The van der Waals surface area contributed by atoms with Gasteiger partial charge in [-0.3, -0.25) is 9.78 Å². The summed E-state index contributed by atoms with van der Waals surface area (Å²) in [6.45, 7) is 0. The number of ether oxygens (including phenoxy) is 1. The lowest BCUT2D eigenvalue weighted by Gasteiger charge is -2.06. The zero-order valence-electron chi connectivity index (χ0n) is 14.1. The van der Waals surface area contributed by atoms with Crippen LogP contribution in [0.25, 0.3) is 33.6 Å². The molecule has 0 atom stereocenters. The number of rotatable bonds is 5. The molecular formula is C21H16N2O3. The first-order chi connectivity index (χ1) is 12.8. The van der Waals surface area contributed by atoms with Crippen molar-refractivity contribution in [2.75, 3.05) is 12.4 Å². The molecule has 0 saturated heterocycles. The summed E-state index contributed by atoms with van der Waals surface area (Å²) in [5, 5.41) is 2.65. The Morgan fingerprint density at radius 2 is 1.88 bits per heavy atom. The Labute approximate surface area is 150 Å². The van der Waals surface area contributed by atoms with E-state index in [1.165, 1.54) is 0 Å². The third kappa shape index (κ3) is 2.91. The van der Waals surface area contributed by atoms with Gasteiger partial charge >= 0.3 is 0 Å². The van der Waals surface area contributed by atoms with Gasteiger partial charge in [-0.05, 0) is 23.8 Å². The Bertz CT molecular complexity index is 1070. The van der Waals surface area contributed by atoms with Crippen molar-refractivity contribution in [1.29, 1.82) is 0 Å². The van der Waals surface area contributed by atoms with Crippen molar-refractivity contribution in [2.45, 2.75) is 0 Å². The Morgan fingerprint density at radius 1 is 1.04 bits per heavy atom. The van der Waals surface area contributed by atoms with E-state index in [1.54, 1.807) is 19.4 Å². The van der Waals surface area contributed by atoms with Crippen molar-refractivity contribution in [3.63, 3.8) is 0 Å². The molecular weight excluding hydrogens is 328 g/mol. The van der Waals surface area contributed by atoms with Crippen LogP contribution in [-0.4, -0.2) is 18.5 Å². The molecule has 0 aliphatic rings. The lowest BCUT2D eigenvalue weighted by molar-refractivity contribution is -0.105. The highest BCUT2D eigenvalue weighted by Crippen LogP contribution is 2.35. The maximum absolute atomic E-state index is 10.8. The van der Waals surface area contributed by atoms with Gasteiger partial charge in [0, 0.05) is 35.1 Å². The van der Waals surface area contributed by atoms with Crippen LogP contribution in [0.2, 0.25) is 0 Å². The molecule has 2 aromatic heterocycles. The molecule has 2 heterocycles. The van der Waals surface area contributed by atoms with Crippen LogP contribution in [0.5, 0.6) is 5.75 Å². The number of nitrogens with one attached hydrogen (secondary N) is 1. The summed E-state index contributed by atoms with van der Waals surface area (Å²) in [6, 6.07) is 19.3. The number of pyridine rings is 1. The number of furan rings is 1. The van der Waals surface area contributed by atoms with E-state index in [1.807, 2.05) is 54.6 Å². The second kappa shape index (κ2) is 6.72. The highest BCUT2D eigenvalue weighted by Gasteiger charge is 2.13. The van der Waals surface area contributed by atoms with Crippen molar-refractivity contribution in [2.24, 2.45) is 0 Å². The fourth-order valence-electron chi connectivity index (χ4n) is 2.94. The van der Waals surface area contributed by atoms with E-state index in [2.05, 4.69) is 10.3 Å². The lowest BCUT2D eigenvalue weighted by atomic mass is 10.1. The largest absolute Gasteiger partial charge is 0.497 e. The quantitative estimate of drug-likeness (QED) is 0.531. The van der Waals surface area contributed by atoms with Crippen molar-refractivity contribution < 1.29 is 13.9 Å². The van der Waals surface area contributed by atoms with E-state index in [-0.39, 0.29) is 0 Å². The zero-order chi connectivity index (χ0) is 17.9. The summed E-state index contributed by atoms with van der Waals surface area (Å²) in [4.78, 5) is 15.2. The van der Waals surface area contributed by atoms with Crippen LogP contribution in [-0.2, 0) is 4.79 Å². The number of aromatic nitrogens is 1. The standard InChI is InChI=1S/C21H16N2O3/c1-25-17-10-15(9-16(11-17)23-13-24)20-12-19-21(26-20)18(7-8-22-19)14-5-3-2-4-6-14/h2-13H,1H3,(H,23,24). The van der Waals surface area contributed by atoms with E-state index < -0.39 is 0 Å². The van der Waals surface area contributed by atoms with E-state index in [4.69, 9.17) is 9.15 Å². The summed E-state index contributed by atoms with van der Waals surface area (Å²) >= 11 is 0. The Morgan fingerprint density at radius 3 is 2.65 bits per heavy atom. The fourth-order valence-corrected chi connectivity index (χ4v) is 2.94. The van der Waals surface area contributed by atoms with E-state index in [0.717, 1.165) is 27.8 Å². The molecule has 1 amide bonds. The van der Waals surface area contributed by atoms with Gasteiger partial charge in [0.25, 0.3) is 0 Å². The molecule has 5 nitrogen and oxygen atoms in total. The summed E-state index contributed by atoms with van der Waals surface area (Å²) in [6.07, 6.45) is 2.40. The molecule has 0 radical (unpaired) electrons. The number of anilines is 1. The molecule has 0 fully saturated rings. The maximum atomic E-state index is 10.8.